The van der Waals surface area contributed by atoms with Crippen LogP contribution in [0.3, 0.4) is 0 Å². The monoisotopic (exact) mass is 276 g/mol. The van der Waals surface area contributed by atoms with E-state index in [9.17, 15) is 8.42 Å². The summed E-state index contributed by atoms with van der Waals surface area (Å²) in [5, 5.41) is 0. The standard InChI is InChI=1S/C12H24N2O3S/c1-11-8-14(5-3-6-17-11)12(9-13)4-2-7-18(15,16)10-12/h11H,2-10,13H2,1H3. The van der Waals surface area contributed by atoms with E-state index in [4.69, 9.17) is 10.5 Å². The van der Waals surface area contributed by atoms with Crippen LogP contribution in [0, 0.1) is 0 Å². The second-order valence-electron chi connectivity index (χ2n) is 5.61. The van der Waals surface area contributed by atoms with Crippen molar-refractivity contribution in [1.29, 1.82) is 0 Å². The highest BCUT2D eigenvalue weighted by Crippen LogP contribution is 2.29. The molecule has 0 radical (unpaired) electrons. The van der Waals surface area contributed by atoms with E-state index in [1.165, 1.54) is 0 Å². The fourth-order valence-electron chi connectivity index (χ4n) is 3.14. The molecule has 2 aliphatic rings. The Kier molecular flexibility index (Phi) is 4.31. The summed E-state index contributed by atoms with van der Waals surface area (Å²) < 4.78 is 29.5. The lowest BCUT2D eigenvalue weighted by atomic mass is 9.92. The molecule has 0 aliphatic carbocycles. The molecule has 0 aromatic heterocycles. The maximum absolute atomic E-state index is 11.9. The number of rotatable bonds is 2. The summed E-state index contributed by atoms with van der Waals surface area (Å²) in [5.74, 6) is 0.526. The molecule has 0 bridgehead atoms. The molecule has 0 aromatic rings. The number of hydrogen-bond acceptors (Lipinski definition) is 5. The lowest BCUT2D eigenvalue weighted by Crippen LogP contribution is -2.61. The average Bonchev–Trinajstić information content (AvgIpc) is 2.52. The third-order valence-electron chi connectivity index (χ3n) is 4.09. The molecule has 2 rings (SSSR count). The molecule has 0 amide bonds. The second-order valence-corrected chi connectivity index (χ2v) is 7.79. The third kappa shape index (κ3) is 3.04. The minimum Gasteiger partial charge on any atom is -0.377 e. The van der Waals surface area contributed by atoms with Crippen LogP contribution >= 0.6 is 0 Å². The summed E-state index contributed by atoms with van der Waals surface area (Å²) in [6, 6.07) is 0. The van der Waals surface area contributed by atoms with Crippen LogP contribution < -0.4 is 5.73 Å². The van der Waals surface area contributed by atoms with Gasteiger partial charge in [0, 0.05) is 31.8 Å². The summed E-state index contributed by atoms with van der Waals surface area (Å²) in [4.78, 5) is 2.27. The van der Waals surface area contributed by atoms with Gasteiger partial charge in [-0.3, -0.25) is 4.90 Å². The summed E-state index contributed by atoms with van der Waals surface area (Å²) >= 11 is 0. The van der Waals surface area contributed by atoms with Crippen molar-refractivity contribution in [2.75, 3.05) is 37.7 Å². The van der Waals surface area contributed by atoms with Gasteiger partial charge in [-0.15, -0.1) is 0 Å². The molecule has 6 heteroatoms. The number of ether oxygens (including phenoxy) is 1. The van der Waals surface area contributed by atoms with E-state index in [0.29, 0.717) is 12.3 Å². The van der Waals surface area contributed by atoms with Gasteiger partial charge in [-0.05, 0) is 26.2 Å². The van der Waals surface area contributed by atoms with Crippen molar-refractivity contribution in [3.63, 3.8) is 0 Å². The van der Waals surface area contributed by atoms with E-state index < -0.39 is 9.84 Å². The van der Waals surface area contributed by atoms with Gasteiger partial charge in [-0.25, -0.2) is 8.42 Å². The van der Waals surface area contributed by atoms with E-state index in [1.54, 1.807) is 0 Å². The lowest BCUT2D eigenvalue weighted by molar-refractivity contribution is 0.0400. The van der Waals surface area contributed by atoms with Crippen molar-refractivity contribution in [2.45, 2.75) is 37.8 Å². The zero-order valence-corrected chi connectivity index (χ0v) is 11.9. The average molecular weight is 276 g/mol. The van der Waals surface area contributed by atoms with Crippen molar-refractivity contribution < 1.29 is 13.2 Å². The first-order valence-corrected chi connectivity index (χ1v) is 8.57. The first-order chi connectivity index (χ1) is 8.47. The van der Waals surface area contributed by atoms with Gasteiger partial charge in [-0.1, -0.05) is 0 Å². The first kappa shape index (κ1) is 14.2. The Labute approximate surface area is 110 Å². The molecule has 2 saturated heterocycles. The van der Waals surface area contributed by atoms with E-state index >= 15 is 0 Å². The van der Waals surface area contributed by atoms with Crippen LogP contribution in [0.1, 0.15) is 26.2 Å². The van der Waals surface area contributed by atoms with Gasteiger partial charge in [0.1, 0.15) is 0 Å². The van der Waals surface area contributed by atoms with Crippen LogP contribution in [-0.2, 0) is 14.6 Å². The number of nitrogens with two attached hydrogens (primary N) is 1. The largest absolute Gasteiger partial charge is 0.377 e. The first-order valence-electron chi connectivity index (χ1n) is 6.75. The molecule has 2 N–H and O–H groups in total. The molecule has 2 unspecified atom stereocenters. The number of hydrogen-bond donors (Lipinski definition) is 1. The quantitative estimate of drug-likeness (QED) is 0.769. The molecule has 5 nitrogen and oxygen atoms in total. The van der Waals surface area contributed by atoms with Crippen molar-refractivity contribution in [2.24, 2.45) is 5.73 Å². The molecular formula is C12H24N2O3S. The van der Waals surface area contributed by atoms with E-state index in [0.717, 1.165) is 39.0 Å². The SMILES string of the molecule is CC1CN(C2(CN)CCCS(=O)(=O)C2)CCCO1. The molecule has 2 heterocycles. The molecule has 106 valence electrons. The highest BCUT2D eigenvalue weighted by molar-refractivity contribution is 7.91. The predicted molar refractivity (Wildman–Crippen MR) is 71.3 cm³/mol. The fourth-order valence-corrected chi connectivity index (χ4v) is 5.13. The Balaban J connectivity index is 2.19. The summed E-state index contributed by atoms with van der Waals surface area (Å²) in [6.45, 7) is 4.88. The van der Waals surface area contributed by atoms with Crippen LogP contribution in [-0.4, -0.2) is 62.7 Å². The molecule has 2 atom stereocenters. The normalized spacial score (nSPS) is 38.2. The maximum Gasteiger partial charge on any atom is 0.152 e. The summed E-state index contributed by atoms with van der Waals surface area (Å²) in [6.07, 6.45) is 2.72. The van der Waals surface area contributed by atoms with Crippen molar-refractivity contribution >= 4 is 9.84 Å². The van der Waals surface area contributed by atoms with Gasteiger partial charge >= 0.3 is 0 Å². The molecule has 0 saturated carbocycles. The predicted octanol–water partition coefficient (Wildman–Crippen LogP) is 0.00330. The van der Waals surface area contributed by atoms with Crippen LogP contribution in [0.15, 0.2) is 0 Å². The van der Waals surface area contributed by atoms with E-state index in [-0.39, 0.29) is 17.4 Å². The zero-order chi connectivity index (χ0) is 13.2. The van der Waals surface area contributed by atoms with Gasteiger partial charge in [0.15, 0.2) is 9.84 Å². The lowest BCUT2D eigenvalue weighted by Gasteiger charge is -2.45. The smallest absolute Gasteiger partial charge is 0.152 e. The molecule has 2 fully saturated rings. The van der Waals surface area contributed by atoms with Crippen LogP contribution in [0.2, 0.25) is 0 Å². The van der Waals surface area contributed by atoms with E-state index in [2.05, 4.69) is 4.90 Å². The highest BCUT2D eigenvalue weighted by Gasteiger charge is 2.43. The summed E-state index contributed by atoms with van der Waals surface area (Å²) in [7, 11) is -2.94. The topological polar surface area (TPSA) is 72.6 Å². The molecule has 0 aromatic carbocycles. The van der Waals surface area contributed by atoms with E-state index in [1.807, 2.05) is 6.92 Å². The number of nitrogens with zero attached hydrogens (tertiary/aromatic N) is 1. The molecule has 18 heavy (non-hydrogen) atoms. The highest BCUT2D eigenvalue weighted by atomic mass is 32.2. The maximum atomic E-state index is 11.9. The Morgan fingerprint density at radius 1 is 1.44 bits per heavy atom. The Morgan fingerprint density at radius 2 is 2.22 bits per heavy atom. The van der Waals surface area contributed by atoms with Gasteiger partial charge in [-0.2, -0.15) is 0 Å². The van der Waals surface area contributed by atoms with Crippen molar-refractivity contribution in [3.8, 4) is 0 Å². The van der Waals surface area contributed by atoms with Crippen LogP contribution in [0.4, 0.5) is 0 Å². The Hall–Kier alpha value is -0.170. The zero-order valence-electron chi connectivity index (χ0n) is 11.1. The van der Waals surface area contributed by atoms with Crippen molar-refractivity contribution in [3.05, 3.63) is 0 Å². The van der Waals surface area contributed by atoms with Gasteiger partial charge in [0.25, 0.3) is 0 Å². The third-order valence-corrected chi connectivity index (χ3v) is 5.98. The van der Waals surface area contributed by atoms with Crippen LogP contribution in [0.5, 0.6) is 0 Å². The number of sulfone groups is 1. The van der Waals surface area contributed by atoms with Crippen LogP contribution in [0.25, 0.3) is 0 Å². The Morgan fingerprint density at radius 3 is 2.89 bits per heavy atom. The molecule has 2 aliphatic heterocycles. The Bertz CT molecular complexity index is 385. The summed E-state index contributed by atoms with van der Waals surface area (Å²) in [5.41, 5.74) is 5.58. The van der Waals surface area contributed by atoms with Gasteiger partial charge in [0.05, 0.1) is 17.6 Å². The minimum atomic E-state index is -2.94. The minimum absolute atomic E-state index is 0.153. The van der Waals surface area contributed by atoms with Gasteiger partial charge in [0.2, 0.25) is 0 Å². The second kappa shape index (κ2) is 5.45. The van der Waals surface area contributed by atoms with Crippen molar-refractivity contribution in [1.82, 2.24) is 4.90 Å². The van der Waals surface area contributed by atoms with Gasteiger partial charge < -0.3 is 10.5 Å². The molecular weight excluding hydrogens is 252 g/mol. The molecule has 0 spiro atoms. The fraction of sp³-hybridized carbons (Fsp3) is 1.00.